The minimum atomic E-state index is -0.596. The zero-order valence-corrected chi connectivity index (χ0v) is 19.0. The van der Waals surface area contributed by atoms with Crippen LogP contribution < -0.4 is 25.2 Å². The molecule has 0 atom stereocenters. The molecule has 1 saturated heterocycles. The molecule has 5 rings (SSSR count). The molecular weight excluding hydrogens is 473 g/mol. The van der Waals surface area contributed by atoms with Gasteiger partial charge >= 0.3 is 5.69 Å². The average molecular weight is 495 g/mol. The van der Waals surface area contributed by atoms with E-state index in [1.54, 1.807) is 0 Å². The number of amides is 1. The van der Waals surface area contributed by atoms with Gasteiger partial charge in [0.1, 0.15) is 12.1 Å². The number of carbonyl (C=O) groups is 1. The molecular formula is C23H22FN7O5. The lowest BCUT2D eigenvalue weighted by Gasteiger charge is -2.35. The second-order valence-electron chi connectivity index (χ2n) is 8.19. The highest BCUT2D eigenvalue weighted by atomic mass is 19.1. The molecule has 13 heteroatoms. The molecule has 2 aliphatic heterocycles. The highest BCUT2D eigenvalue weighted by molar-refractivity contribution is 5.95. The molecule has 0 bridgehead atoms. The van der Waals surface area contributed by atoms with E-state index in [1.807, 2.05) is 23.1 Å². The Morgan fingerprint density at radius 1 is 1.06 bits per heavy atom. The molecule has 0 spiro atoms. The summed E-state index contributed by atoms with van der Waals surface area (Å²) in [6.07, 6.45) is 1.20. The van der Waals surface area contributed by atoms with E-state index in [0.717, 1.165) is 29.2 Å². The van der Waals surface area contributed by atoms with Crippen LogP contribution in [-0.2, 0) is 6.54 Å². The molecule has 1 amide bonds. The molecule has 1 fully saturated rings. The minimum absolute atomic E-state index is 0.150. The monoisotopic (exact) mass is 495 g/mol. The zero-order valence-electron chi connectivity index (χ0n) is 19.0. The smallest absolute Gasteiger partial charge is 0.355 e. The topological polar surface area (TPSA) is 135 Å². The van der Waals surface area contributed by atoms with Crippen LogP contribution in [-0.4, -0.2) is 58.7 Å². The fourth-order valence-corrected chi connectivity index (χ4v) is 4.07. The summed E-state index contributed by atoms with van der Waals surface area (Å²) < 4.78 is 23.9. The van der Waals surface area contributed by atoms with Gasteiger partial charge in [-0.1, -0.05) is 6.07 Å². The number of benzene rings is 2. The van der Waals surface area contributed by atoms with Gasteiger partial charge < -0.3 is 14.4 Å². The largest absolute Gasteiger partial charge is 0.454 e. The molecule has 1 aromatic heterocycles. The van der Waals surface area contributed by atoms with E-state index in [-0.39, 0.29) is 29.7 Å². The first kappa shape index (κ1) is 23.2. The number of nitrogens with one attached hydrogen (secondary N) is 2. The molecule has 12 nitrogen and oxygen atoms in total. The Labute approximate surface area is 204 Å². The van der Waals surface area contributed by atoms with E-state index < -0.39 is 16.6 Å². The van der Waals surface area contributed by atoms with Gasteiger partial charge in [0.15, 0.2) is 11.5 Å². The molecule has 36 heavy (non-hydrogen) atoms. The molecule has 0 unspecified atom stereocenters. The highest BCUT2D eigenvalue weighted by Gasteiger charge is 2.29. The molecule has 2 aromatic carbocycles. The summed E-state index contributed by atoms with van der Waals surface area (Å²) in [6, 6.07) is 10.7. The molecule has 0 aliphatic carbocycles. The number of aromatic nitrogens is 2. The van der Waals surface area contributed by atoms with Gasteiger partial charge in [-0.25, -0.2) is 14.4 Å². The Morgan fingerprint density at radius 3 is 2.56 bits per heavy atom. The van der Waals surface area contributed by atoms with Crippen molar-refractivity contribution in [3.05, 3.63) is 75.9 Å². The zero-order chi connectivity index (χ0) is 25.1. The lowest BCUT2D eigenvalue weighted by molar-refractivity contribution is -0.383. The number of hydrogen-bond acceptors (Lipinski definition) is 10. The molecule has 0 saturated carbocycles. The van der Waals surface area contributed by atoms with Gasteiger partial charge in [0.25, 0.3) is 5.91 Å². The molecule has 186 valence electrons. The van der Waals surface area contributed by atoms with Crippen molar-refractivity contribution in [1.29, 1.82) is 0 Å². The average Bonchev–Trinajstić information content (AvgIpc) is 3.36. The predicted octanol–water partition coefficient (Wildman–Crippen LogP) is 2.33. The van der Waals surface area contributed by atoms with Crippen molar-refractivity contribution in [2.45, 2.75) is 6.54 Å². The third kappa shape index (κ3) is 4.95. The van der Waals surface area contributed by atoms with Gasteiger partial charge in [0, 0.05) is 38.3 Å². The minimum Gasteiger partial charge on any atom is -0.454 e. The van der Waals surface area contributed by atoms with Crippen LogP contribution >= 0.6 is 0 Å². The number of halogens is 1. The lowest BCUT2D eigenvalue weighted by atomic mass is 10.1. The maximum Gasteiger partial charge on any atom is 0.355 e. The van der Waals surface area contributed by atoms with Crippen LogP contribution in [0.1, 0.15) is 15.9 Å². The number of nitrogens with zero attached hydrogens (tertiary/aromatic N) is 5. The predicted molar refractivity (Wildman–Crippen MR) is 126 cm³/mol. The van der Waals surface area contributed by atoms with Gasteiger partial charge in [-0.2, -0.15) is 0 Å². The summed E-state index contributed by atoms with van der Waals surface area (Å²) in [5.41, 5.74) is 5.78. The summed E-state index contributed by atoms with van der Waals surface area (Å²) in [7, 11) is 0. The maximum absolute atomic E-state index is 13.1. The fraction of sp³-hybridized carbons (Fsp3) is 0.261. The summed E-state index contributed by atoms with van der Waals surface area (Å²) in [4.78, 5) is 35.8. The van der Waals surface area contributed by atoms with E-state index in [0.29, 0.717) is 32.7 Å². The van der Waals surface area contributed by atoms with Crippen LogP contribution in [0, 0.1) is 15.9 Å². The quantitative estimate of drug-likeness (QED) is 0.371. The number of ether oxygens (including phenoxy) is 2. The third-order valence-electron chi connectivity index (χ3n) is 5.90. The van der Waals surface area contributed by atoms with Gasteiger partial charge in [-0.3, -0.25) is 30.7 Å². The van der Waals surface area contributed by atoms with Crippen LogP contribution in [0.2, 0.25) is 0 Å². The lowest BCUT2D eigenvalue weighted by Crippen LogP contribution is -2.46. The van der Waals surface area contributed by atoms with Crippen molar-refractivity contribution in [2.24, 2.45) is 0 Å². The molecule has 3 heterocycles. The molecule has 2 N–H and O–H groups in total. The van der Waals surface area contributed by atoms with Crippen LogP contribution in [0.25, 0.3) is 0 Å². The van der Waals surface area contributed by atoms with Gasteiger partial charge in [0.05, 0.1) is 4.92 Å². The number of anilines is 2. The van der Waals surface area contributed by atoms with Gasteiger partial charge in [-0.15, -0.1) is 0 Å². The Kier molecular flexibility index (Phi) is 6.45. The number of rotatable bonds is 7. The first-order chi connectivity index (χ1) is 17.5. The summed E-state index contributed by atoms with van der Waals surface area (Å²) >= 11 is 0. The van der Waals surface area contributed by atoms with E-state index in [9.17, 15) is 19.3 Å². The molecule has 2 aliphatic rings. The van der Waals surface area contributed by atoms with Gasteiger partial charge in [-0.05, 0) is 42.0 Å². The van der Waals surface area contributed by atoms with E-state index in [4.69, 9.17) is 9.47 Å². The standard InChI is InChI=1S/C23H22FN7O5/c24-17-4-2-16(3-5-17)23(32)28-27-21-20(31(33)34)22(26-13-25-21)30-9-7-29(8-10-30)12-15-1-6-18-19(11-15)36-14-35-18/h1-6,11,13H,7-10,12,14H2,(H,28,32)(H,25,26,27). The number of carbonyl (C=O) groups excluding carboxylic acids is 1. The summed E-state index contributed by atoms with van der Waals surface area (Å²) in [5, 5.41) is 11.9. The van der Waals surface area contributed by atoms with E-state index in [1.165, 1.54) is 18.5 Å². The maximum atomic E-state index is 13.1. The number of fused-ring (bicyclic) bond motifs is 1. The second-order valence-corrected chi connectivity index (χ2v) is 8.19. The van der Waals surface area contributed by atoms with Crippen molar-refractivity contribution < 1.29 is 23.6 Å². The Hall–Kier alpha value is -4.52. The van der Waals surface area contributed by atoms with Crippen LogP contribution in [0.15, 0.2) is 48.8 Å². The molecule has 3 aromatic rings. The van der Waals surface area contributed by atoms with Crippen molar-refractivity contribution in [3.63, 3.8) is 0 Å². The number of piperazine rings is 1. The fourth-order valence-electron chi connectivity index (χ4n) is 4.07. The first-order valence-electron chi connectivity index (χ1n) is 11.1. The van der Waals surface area contributed by atoms with E-state index in [2.05, 4.69) is 25.7 Å². The van der Waals surface area contributed by atoms with Crippen LogP contribution in [0.3, 0.4) is 0 Å². The second kappa shape index (κ2) is 10.00. The van der Waals surface area contributed by atoms with Gasteiger partial charge in [0.2, 0.25) is 18.4 Å². The number of hydrogen-bond donors (Lipinski definition) is 2. The normalized spacial score (nSPS) is 15.0. The Bertz CT molecular complexity index is 1280. The first-order valence-corrected chi connectivity index (χ1v) is 11.1. The Balaban J connectivity index is 1.24. The number of hydrazine groups is 1. The van der Waals surface area contributed by atoms with Crippen molar-refractivity contribution in [1.82, 2.24) is 20.3 Å². The van der Waals surface area contributed by atoms with Crippen molar-refractivity contribution in [3.8, 4) is 11.5 Å². The van der Waals surface area contributed by atoms with Crippen molar-refractivity contribution in [2.75, 3.05) is 43.3 Å². The molecule has 0 radical (unpaired) electrons. The SMILES string of the molecule is O=C(NNc1ncnc(N2CCN(Cc3ccc4c(c3)OCO4)CC2)c1[N+](=O)[O-])c1ccc(F)cc1. The van der Waals surface area contributed by atoms with Crippen LogP contribution in [0.4, 0.5) is 21.7 Å². The Morgan fingerprint density at radius 2 is 1.81 bits per heavy atom. The van der Waals surface area contributed by atoms with E-state index >= 15 is 0 Å². The number of nitro groups is 1. The van der Waals surface area contributed by atoms with Crippen LogP contribution in [0.5, 0.6) is 11.5 Å². The highest BCUT2D eigenvalue weighted by Crippen LogP contribution is 2.34. The summed E-state index contributed by atoms with van der Waals surface area (Å²) in [6.45, 7) is 3.30. The van der Waals surface area contributed by atoms with Crippen molar-refractivity contribution >= 4 is 23.2 Å². The third-order valence-corrected chi connectivity index (χ3v) is 5.90. The summed E-state index contributed by atoms with van der Waals surface area (Å²) in [5.74, 6) is 0.403.